The van der Waals surface area contributed by atoms with E-state index in [1.165, 1.54) is 0 Å². The number of carboxylic acid groups (broad SMARTS) is 1. The molecular formula is C14H21N3O4. The van der Waals surface area contributed by atoms with Crippen LogP contribution in [0.5, 0.6) is 0 Å². The summed E-state index contributed by atoms with van der Waals surface area (Å²) in [6.07, 6.45) is 0.582. The molecule has 1 unspecified atom stereocenters. The minimum absolute atomic E-state index is 0.143. The molecule has 0 radical (unpaired) electrons. The molecule has 7 heteroatoms. The predicted octanol–water partition coefficient (Wildman–Crippen LogP) is 1.32. The van der Waals surface area contributed by atoms with Gasteiger partial charge < -0.3 is 9.63 Å². The number of amides is 1. The van der Waals surface area contributed by atoms with E-state index in [1.807, 2.05) is 25.7 Å². The van der Waals surface area contributed by atoms with E-state index in [-0.39, 0.29) is 23.8 Å². The fourth-order valence-electron chi connectivity index (χ4n) is 2.25. The number of hydrogen-bond acceptors (Lipinski definition) is 5. The Balaban J connectivity index is 1.85. The van der Waals surface area contributed by atoms with E-state index < -0.39 is 5.97 Å². The van der Waals surface area contributed by atoms with Gasteiger partial charge in [0.15, 0.2) is 0 Å². The maximum atomic E-state index is 11.9. The normalized spacial score (nSPS) is 19.7. The van der Waals surface area contributed by atoms with E-state index in [0.717, 1.165) is 5.69 Å². The summed E-state index contributed by atoms with van der Waals surface area (Å²) in [5, 5.41) is 15.5. The minimum atomic E-state index is -0.803. The second-order valence-corrected chi connectivity index (χ2v) is 6.43. The summed E-state index contributed by atoms with van der Waals surface area (Å²) in [5.41, 5.74) is 0.626. The van der Waals surface area contributed by atoms with Crippen LogP contribution < -0.4 is 5.32 Å². The Hall–Kier alpha value is -1.89. The smallest absolute Gasteiger partial charge is 0.307 e. The Morgan fingerprint density at radius 2 is 2.24 bits per heavy atom. The largest absolute Gasteiger partial charge is 0.481 e. The Morgan fingerprint density at radius 1 is 1.52 bits per heavy atom. The number of hydrogen-bond donors (Lipinski definition) is 2. The Labute approximate surface area is 123 Å². The van der Waals surface area contributed by atoms with Crippen LogP contribution in [0.15, 0.2) is 10.6 Å². The van der Waals surface area contributed by atoms with Crippen LogP contribution in [-0.4, -0.2) is 46.7 Å². The van der Waals surface area contributed by atoms with Gasteiger partial charge in [-0.25, -0.2) is 0 Å². The zero-order valence-corrected chi connectivity index (χ0v) is 12.5. The molecule has 1 fully saturated rings. The molecule has 0 bridgehead atoms. The average Bonchev–Trinajstić information content (AvgIpc) is 2.97. The standard InChI is InChI=1S/C14H21N3O4/c1-14(2,3)10-6-12(21-16-10)15-11(18)8-17-5-4-9(7-17)13(19)20/h6,9H,4-5,7-8H2,1-3H3,(H,15,18)(H,19,20). The Morgan fingerprint density at radius 3 is 2.76 bits per heavy atom. The third kappa shape index (κ3) is 4.04. The number of carbonyl (C=O) groups is 2. The number of likely N-dealkylation sites (tertiary alicyclic amines) is 1. The van der Waals surface area contributed by atoms with Crippen LogP contribution in [0.1, 0.15) is 32.9 Å². The molecule has 1 amide bonds. The predicted molar refractivity (Wildman–Crippen MR) is 76.0 cm³/mol. The molecule has 116 valence electrons. The van der Waals surface area contributed by atoms with Crippen molar-refractivity contribution >= 4 is 17.8 Å². The quantitative estimate of drug-likeness (QED) is 0.869. The molecule has 2 heterocycles. The van der Waals surface area contributed by atoms with Crippen molar-refractivity contribution in [1.82, 2.24) is 10.1 Å². The zero-order chi connectivity index (χ0) is 15.6. The van der Waals surface area contributed by atoms with Crippen molar-refractivity contribution in [2.45, 2.75) is 32.6 Å². The third-order valence-corrected chi connectivity index (χ3v) is 3.53. The summed E-state index contributed by atoms with van der Waals surface area (Å²) in [6, 6.07) is 1.71. The number of aliphatic carboxylic acids is 1. The first-order chi connectivity index (χ1) is 9.75. The van der Waals surface area contributed by atoms with E-state index in [4.69, 9.17) is 9.63 Å². The third-order valence-electron chi connectivity index (χ3n) is 3.53. The van der Waals surface area contributed by atoms with Crippen molar-refractivity contribution in [2.24, 2.45) is 5.92 Å². The fraction of sp³-hybridized carbons (Fsp3) is 0.643. The van der Waals surface area contributed by atoms with Gasteiger partial charge in [0.1, 0.15) is 0 Å². The minimum Gasteiger partial charge on any atom is -0.481 e. The second-order valence-electron chi connectivity index (χ2n) is 6.43. The summed E-state index contributed by atoms with van der Waals surface area (Å²) < 4.78 is 5.09. The van der Waals surface area contributed by atoms with E-state index in [0.29, 0.717) is 25.4 Å². The molecule has 0 aliphatic carbocycles. The lowest BCUT2D eigenvalue weighted by atomic mass is 9.92. The van der Waals surface area contributed by atoms with E-state index in [1.54, 1.807) is 6.07 Å². The zero-order valence-electron chi connectivity index (χ0n) is 12.5. The van der Waals surface area contributed by atoms with Crippen molar-refractivity contribution in [1.29, 1.82) is 0 Å². The van der Waals surface area contributed by atoms with Gasteiger partial charge in [-0.2, -0.15) is 0 Å². The first-order valence-electron chi connectivity index (χ1n) is 6.98. The number of rotatable bonds is 4. The van der Waals surface area contributed by atoms with Crippen molar-refractivity contribution in [3.63, 3.8) is 0 Å². The van der Waals surface area contributed by atoms with Gasteiger partial charge in [0.25, 0.3) is 0 Å². The Bertz CT molecular complexity index is 533. The van der Waals surface area contributed by atoms with Crippen LogP contribution in [-0.2, 0) is 15.0 Å². The highest BCUT2D eigenvalue weighted by Crippen LogP contribution is 2.23. The maximum Gasteiger partial charge on any atom is 0.307 e. The fourth-order valence-corrected chi connectivity index (χ4v) is 2.25. The summed E-state index contributed by atoms with van der Waals surface area (Å²) >= 11 is 0. The van der Waals surface area contributed by atoms with Gasteiger partial charge >= 0.3 is 5.97 Å². The number of aromatic nitrogens is 1. The molecule has 1 aromatic rings. The molecule has 1 aliphatic heterocycles. The molecule has 0 aromatic carbocycles. The topological polar surface area (TPSA) is 95.7 Å². The number of nitrogens with one attached hydrogen (secondary N) is 1. The van der Waals surface area contributed by atoms with Crippen molar-refractivity contribution < 1.29 is 19.2 Å². The number of anilines is 1. The van der Waals surface area contributed by atoms with Gasteiger partial charge in [-0.1, -0.05) is 25.9 Å². The highest BCUT2D eigenvalue weighted by atomic mass is 16.5. The first-order valence-corrected chi connectivity index (χ1v) is 6.98. The Kier molecular flexibility index (Phi) is 4.32. The molecule has 2 rings (SSSR count). The summed E-state index contributed by atoms with van der Waals surface area (Å²) in [4.78, 5) is 24.6. The van der Waals surface area contributed by atoms with E-state index in [2.05, 4.69) is 10.5 Å². The SMILES string of the molecule is CC(C)(C)c1cc(NC(=O)CN2CCC(C(=O)O)C2)on1. The first kappa shape index (κ1) is 15.5. The van der Waals surface area contributed by atoms with Gasteiger partial charge in [0.2, 0.25) is 11.8 Å². The molecule has 1 aromatic heterocycles. The number of nitrogens with zero attached hydrogens (tertiary/aromatic N) is 2. The molecule has 1 atom stereocenters. The van der Waals surface area contributed by atoms with Crippen LogP contribution in [0.4, 0.5) is 5.88 Å². The second kappa shape index (κ2) is 5.85. The molecule has 21 heavy (non-hydrogen) atoms. The van der Waals surface area contributed by atoms with Crippen molar-refractivity contribution in [3.8, 4) is 0 Å². The van der Waals surface area contributed by atoms with Crippen LogP contribution in [0, 0.1) is 5.92 Å². The lowest BCUT2D eigenvalue weighted by molar-refractivity contribution is -0.141. The highest BCUT2D eigenvalue weighted by Gasteiger charge is 2.29. The van der Waals surface area contributed by atoms with Crippen LogP contribution >= 0.6 is 0 Å². The summed E-state index contributed by atoms with van der Waals surface area (Å²) in [6.45, 7) is 7.21. The molecule has 1 saturated heterocycles. The van der Waals surface area contributed by atoms with E-state index in [9.17, 15) is 9.59 Å². The molecule has 2 N–H and O–H groups in total. The molecule has 0 saturated carbocycles. The number of carbonyl (C=O) groups excluding carboxylic acids is 1. The van der Waals surface area contributed by atoms with Gasteiger partial charge in [-0.3, -0.25) is 19.8 Å². The van der Waals surface area contributed by atoms with Crippen molar-refractivity contribution in [2.75, 3.05) is 25.0 Å². The number of carboxylic acids is 1. The average molecular weight is 295 g/mol. The molecule has 1 aliphatic rings. The lowest BCUT2D eigenvalue weighted by Gasteiger charge is -2.14. The van der Waals surface area contributed by atoms with Gasteiger partial charge in [-0.15, -0.1) is 0 Å². The molecule has 0 spiro atoms. The monoisotopic (exact) mass is 295 g/mol. The van der Waals surface area contributed by atoms with Crippen LogP contribution in [0.3, 0.4) is 0 Å². The van der Waals surface area contributed by atoms with E-state index >= 15 is 0 Å². The summed E-state index contributed by atoms with van der Waals surface area (Å²) in [7, 11) is 0. The highest BCUT2D eigenvalue weighted by molar-refractivity contribution is 5.91. The maximum absolute atomic E-state index is 11.9. The molecular weight excluding hydrogens is 274 g/mol. The van der Waals surface area contributed by atoms with Crippen molar-refractivity contribution in [3.05, 3.63) is 11.8 Å². The van der Waals surface area contributed by atoms with Crippen LogP contribution in [0.2, 0.25) is 0 Å². The van der Waals surface area contributed by atoms with Gasteiger partial charge in [0.05, 0.1) is 18.2 Å². The van der Waals surface area contributed by atoms with Gasteiger partial charge in [-0.05, 0) is 13.0 Å². The molecule has 7 nitrogen and oxygen atoms in total. The summed E-state index contributed by atoms with van der Waals surface area (Å²) in [5.74, 6) is -1.09. The lowest BCUT2D eigenvalue weighted by Crippen LogP contribution is -2.32. The van der Waals surface area contributed by atoms with Gasteiger partial charge in [0, 0.05) is 18.0 Å². The van der Waals surface area contributed by atoms with Crippen LogP contribution in [0.25, 0.3) is 0 Å².